The summed E-state index contributed by atoms with van der Waals surface area (Å²) in [5.74, 6) is 0.819. The van der Waals surface area contributed by atoms with E-state index in [4.69, 9.17) is 5.73 Å². The van der Waals surface area contributed by atoms with Gasteiger partial charge >= 0.3 is 0 Å². The molecule has 0 unspecified atom stereocenters. The number of anilines is 2. The molecule has 0 amide bonds. The van der Waals surface area contributed by atoms with E-state index < -0.39 is 0 Å². The van der Waals surface area contributed by atoms with Crippen molar-refractivity contribution in [2.75, 3.05) is 17.6 Å². The molecule has 11 heavy (non-hydrogen) atoms. The topological polar surface area (TPSA) is 50.9 Å². The van der Waals surface area contributed by atoms with Crippen LogP contribution in [0.15, 0.2) is 31.0 Å². The Hall–Kier alpha value is -1.51. The lowest BCUT2D eigenvalue weighted by Crippen LogP contribution is -1.99. The average Bonchev–Trinajstić information content (AvgIpc) is 2.04. The van der Waals surface area contributed by atoms with Crippen LogP contribution in [0.3, 0.4) is 0 Å². The summed E-state index contributed by atoms with van der Waals surface area (Å²) >= 11 is 0. The number of pyridine rings is 1. The van der Waals surface area contributed by atoms with Gasteiger partial charge in [0.15, 0.2) is 0 Å². The highest BCUT2D eigenvalue weighted by Crippen LogP contribution is 2.04. The van der Waals surface area contributed by atoms with E-state index in [0.717, 1.165) is 12.4 Å². The van der Waals surface area contributed by atoms with Gasteiger partial charge in [-0.3, -0.25) is 0 Å². The van der Waals surface area contributed by atoms with E-state index in [0.29, 0.717) is 5.69 Å². The molecule has 3 N–H and O–H groups in total. The fraction of sp³-hybridized carbons (Fsp3) is 0.125. The second kappa shape index (κ2) is 3.61. The molecule has 0 atom stereocenters. The average molecular weight is 149 g/mol. The summed E-state index contributed by atoms with van der Waals surface area (Å²) in [5, 5.41) is 3.04. The van der Waals surface area contributed by atoms with Crippen molar-refractivity contribution >= 4 is 11.5 Å². The molecule has 1 aromatic rings. The van der Waals surface area contributed by atoms with Crippen LogP contribution in [0.2, 0.25) is 0 Å². The molecule has 0 radical (unpaired) electrons. The number of nitrogens with zero attached hydrogens (tertiary/aromatic N) is 1. The summed E-state index contributed by atoms with van der Waals surface area (Å²) < 4.78 is 0. The number of hydrogen-bond donors (Lipinski definition) is 2. The molecular formula is C8H11N3. The molecule has 0 spiro atoms. The Kier molecular flexibility index (Phi) is 2.49. The van der Waals surface area contributed by atoms with Crippen LogP contribution < -0.4 is 11.1 Å². The van der Waals surface area contributed by atoms with E-state index in [2.05, 4.69) is 16.9 Å². The number of nitrogen functional groups attached to an aromatic ring is 1. The van der Waals surface area contributed by atoms with Gasteiger partial charge in [0, 0.05) is 6.54 Å². The predicted molar refractivity (Wildman–Crippen MR) is 47.3 cm³/mol. The number of nitrogens with one attached hydrogen (secondary N) is 1. The standard InChI is InChI=1S/C8H11N3/c1-2-5-10-8-4-3-7(9)6-11-8/h2-4,6H,1,5,9H2,(H,10,11). The molecule has 0 aromatic carbocycles. The fourth-order valence-corrected chi connectivity index (χ4v) is 0.687. The number of nitrogens with two attached hydrogens (primary N) is 1. The minimum atomic E-state index is 0.675. The van der Waals surface area contributed by atoms with Crippen LogP contribution in [0.1, 0.15) is 0 Å². The lowest BCUT2D eigenvalue weighted by atomic mass is 10.4. The van der Waals surface area contributed by atoms with Gasteiger partial charge in [0.05, 0.1) is 11.9 Å². The molecule has 3 nitrogen and oxygen atoms in total. The van der Waals surface area contributed by atoms with Gasteiger partial charge in [-0.25, -0.2) is 4.98 Å². The largest absolute Gasteiger partial charge is 0.397 e. The molecule has 1 aromatic heterocycles. The maximum atomic E-state index is 5.44. The van der Waals surface area contributed by atoms with E-state index in [1.165, 1.54) is 0 Å². The molecule has 0 fully saturated rings. The smallest absolute Gasteiger partial charge is 0.126 e. The van der Waals surface area contributed by atoms with Gasteiger partial charge in [0.25, 0.3) is 0 Å². The minimum absolute atomic E-state index is 0.675. The van der Waals surface area contributed by atoms with Gasteiger partial charge in [0.2, 0.25) is 0 Å². The van der Waals surface area contributed by atoms with Crippen molar-refractivity contribution in [1.82, 2.24) is 4.98 Å². The molecule has 1 heterocycles. The summed E-state index contributed by atoms with van der Waals surface area (Å²) in [6.07, 6.45) is 3.39. The fourth-order valence-electron chi connectivity index (χ4n) is 0.687. The Labute approximate surface area is 65.9 Å². The Bertz CT molecular complexity index is 228. The van der Waals surface area contributed by atoms with Crippen LogP contribution in [0.5, 0.6) is 0 Å². The maximum absolute atomic E-state index is 5.44. The van der Waals surface area contributed by atoms with E-state index in [1.807, 2.05) is 6.07 Å². The Balaban J connectivity index is 2.58. The molecular weight excluding hydrogens is 138 g/mol. The molecule has 0 saturated heterocycles. The third-order valence-electron chi connectivity index (χ3n) is 1.21. The number of hydrogen-bond acceptors (Lipinski definition) is 3. The summed E-state index contributed by atoms with van der Waals surface area (Å²) in [6, 6.07) is 3.64. The summed E-state index contributed by atoms with van der Waals surface area (Å²) in [5.41, 5.74) is 6.12. The van der Waals surface area contributed by atoms with Crippen molar-refractivity contribution in [1.29, 1.82) is 0 Å². The monoisotopic (exact) mass is 149 g/mol. The Morgan fingerprint density at radius 2 is 2.45 bits per heavy atom. The lowest BCUT2D eigenvalue weighted by molar-refractivity contribution is 1.23. The van der Waals surface area contributed by atoms with E-state index in [-0.39, 0.29) is 0 Å². The van der Waals surface area contributed by atoms with Gasteiger partial charge in [-0.2, -0.15) is 0 Å². The second-order valence-electron chi connectivity index (χ2n) is 2.15. The summed E-state index contributed by atoms with van der Waals surface area (Å²) in [6.45, 7) is 4.30. The zero-order valence-corrected chi connectivity index (χ0v) is 6.25. The molecule has 0 aliphatic heterocycles. The molecule has 0 aliphatic rings. The second-order valence-corrected chi connectivity index (χ2v) is 2.15. The predicted octanol–water partition coefficient (Wildman–Crippen LogP) is 1.26. The van der Waals surface area contributed by atoms with Crippen LogP contribution >= 0.6 is 0 Å². The van der Waals surface area contributed by atoms with Gasteiger partial charge in [-0.05, 0) is 12.1 Å². The number of rotatable bonds is 3. The van der Waals surface area contributed by atoms with Crippen LogP contribution in [0, 0.1) is 0 Å². The van der Waals surface area contributed by atoms with Crippen molar-refractivity contribution in [2.45, 2.75) is 0 Å². The highest BCUT2D eigenvalue weighted by molar-refractivity contribution is 5.43. The van der Waals surface area contributed by atoms with Crippen LogP contribution in [0.4, 0.5) is 11.5 Å². The van der Waals surface area contributed by atoms with Crippen molar-refractivity contribution in [3.8, 4) is 0 Å². The van der Waals surface area contributed by atoms with Crippen molar-refractivity contribution < 1.29 is 0 Å². The third-order valence-corrected chi connectivity index (χ3v) is 1.21. The third kappa shape index (κ3) is 2.29. The Morgan fingerprint density at radius 3 is 3.00 bits per heavy atom. The normalized spacial score (nSPS) is 9.09. The first-order valence-corrected chi connectivity index (χ1v) is 3.39. The molecule has 0 bridgehead atoms. The summed E-state index contributed by atoms with van der Waals surface area (Å²) in [7, 11) is 0. The zero-order chi connectivity index (χ0) is 8.10. The van der Waals surface area contributed by atoms with Gasteiger partial charge in [-0.15, -0.1) is 6.58 Å². The van der Waals surface area contributed by atoms with Crippen molar-refractivity contribution in [2.24, 2.45) is 0 Å². The first kappa shape index (κ1) is 7.60. The van der Waals surface area contributed by atoms with Gasteiger partial charge in [-0.1, -0.05) is 6.08 Å². The SMILES string of the molecule is C=CCNc1ccc(N)cn1. The molecule has 1 rings (SSSR count). The lowest BCUT2D eigenvalue weighted by Gasteiger charge is -2.00. The quantitative estimate of drug-likeness (QED) is 0.636. The minimum Gasteiger partial charge on any atom is -0.397 e. The van der Waals surface area contributed by atoms with Gasteiger partial charge < -0.3 is 11.1 Å². The van der Waals surface area contributed by atoms with Crippen molar-refractivity contribution in [3.63, 3.8) is 0 Å². The highest BCUT2D eigenvalue weighted by Gasteiger charge is 1.88. The van der Waals surface area contributed by atoms with Crippen LogP contribution in [-0.2, 0) is 0 Å². The highest BCUT2D eigenvalue weighted by atomic mass is 15.0. The van der Waals surface area contributed by atoms with Crippen molar-refractivity contribution in [3.05, 3.63) is 31.0 Å². The van der Waals surface area contributed by atoms with Crippen LogP contribution in [0.25, 0.3) is 0 Å². The Morgan fingerprint density at radius 1 is 1.64 bits per heavy atom. The zero-order valence-electron chi connectivity index (χ0n) is 6.25. The molecule has 3 heteroatoms. The van der Waals surface area contributed by atoms with E-state index in [9.17, 15) is 0 Å². The first-order chi connectivity index (χ1) is 5.33. The molecule has 0 saturated carbocycles. The van der Waals surface area contributed by atoms with E-state index in [1.54, 1.807) is 18.3 Å². The van der Waals surface area contributed by atoms with Gasteiger partial charge in [0.1, 0.15) is 5.82 Å². The van der Waals surface area contributed by atoms with Crippen LogP contribution in [-0.4, -0.2) is 11.5 Å². The summed E-state index contributed by atoms with van der Waals surface area (Å²) in [4.78, 5) is 4.03. The molecule has 0 aliphatic carbocycles. The van der Waals surface area contributed by atoms with E-state index >= 15 is 0 Å². The maximum Gasteiger partial charge on any atom is 0.126 e. The first-order valence-electron chi connectivity index (χ1n) is 3.39. The number of aromatic nitrogens is 1. The molecule has 58 valence electrons.